The number of anilines is 2. The maximum atomic E-state index is 12.1. The minimum atomic E-state index is 0.0485. The second-order valence-electron chi connectivity index (χ2n) is 6.69. The predicted octanol–water partition coefficient (Wildman–Crippen LogP) is 3.89. The van der Waals surface area contributed by atoms with Crippen LogP contribution in [0.3, 0.4) is 0 Å². The summed E-state index contributed by atoms with van der Waals surface area (Å²) >= 11 is 5.85. The summed E-state index contributed by atoms with van der Waals surface area (Å²) in [7, 11) is 1.69. The third-order valence-corrected chi connectivity index (χ3v) is 5.05. The van der Waals surface area contributed by atoms with Gasteiger partial charge in [0, 0.05) is 55.1 Å². The van der Waals surface area contributed by atoms with Gasteiger partial charge >= 0.3 is 0 Å². The molecule has 1 aliphatic rings. The SMILES string of the molecule is COc1cccc(N2CCN(CCCC(=O)Nc3ccc(Cl)cc3)CC2)c1. The van der Waals surface area contributed by atoms with Crippen molar-refractivity contribution < 1.29 is 9.53 Å². The van der Waals surface area contributed by atoms with E-state index < -0.39 is 0 Å². The molecule has 0 radical (unpaired) electrons. The fraction of sp³-hybridized carbons (Fsp3) is 0.381. The first-order valence-corrected chi connectivity index (χ1v) is 9.68. The smallest absolute Gasteiger partial charge is 0.224 e. The average molecular weight is 388 g/mol. The number of rotatable bonds is 7. The van der Waals surface area contributed by atoms with Crippen LogP contribution in [0.5, 0.6) is 5.75 Å². The highest BCUT2D eigenvalue weighted by Gasteiger charge is 2.17. The van der Waals surface area contributed by atoms with Crippen molar-refractivity contribution in [1.82, 2.24) is 4.90 Å². The topological polar surface area (TPSA) is 44.8 Å². The van der Waals surface area contributed by atoms with Crippen LogP contribution >= 0.6 is 11.6 Å². The summed E-state index contributed by atoms with van der Waals surface area (Å²) in [6, 6.07) is 15.4. The molecule has 3 rings (SSSR count). The Morgan fingerprint density at radius 1 is 1.11 bits per heavy atom. The minimum absolute atomic E-state index is 0.0485. The standard InChI is InChI=1S/C21H26ClN3O2/c1-27-20-5-2-4-19(16-20)25-14-12-24(13-15-25)11-3-6-21(26)23-18-9-7-17(22)8-10-18/h2,4-5,7-10,16H,3,6,11-15H2,1H3,(H,23,26). The molecule has 5 nitrogen and oxygen atoms in total. The Kier molecular flexibility index (Phi) is 6.96. The Morgan fingerprint density at radius 2 is 1.85 bits per heavy atom. The summed E-state index contributed by atoms with van der Waals surface area (Å²) in [6.07, 6.45) is 1.39. The Labute approximate surface area is 165 Å². The van der Waals surface area contributed by atoms with Crippen molar-refractivity contribution >= 4 is 28.9 Å². The van der Waals surface area contributed by atoms with Crippen LogP contribution in [0.15, 0.2) is 48.5 Å². The Morgan fingerprint density at radius 3 is 2.56 bits per heavy atom. The lowest BCUT2D eigenvalue weighted by molar-refractivity contribution is -0.116. The molecule has 2 aromatic rings. The Hall–Kier alpha value is -2.24. The molecule has 0 aromatic heterocycles. The number of carbonyl (C=O) groups excluding carboxylic acids is 1. The zero-order valence-electron chi connectivity index (χ0n) is 15.7. The molecule has 1 amide bonds. The van der Waals surface area contributed by atoms with E-state index in [9.17, 15) is 4.79 Å². The first kappa shape index (κ1) is 19.5. The predicted molar refractivity (Wildman–Crippen MR) is 111 cm³/mol. The van der Waals surface area contributed by atoms with Gasteiger partial charge in [-0.15, -0.1) is 0 Å². The van der Waals surface area contributed by atoms with Crippen molar-refractivity contribution in [2.45, 2.75) is 12.8 Å². The van der Waals surface area contributed by atoms with Gasteiger partial charge in [0.05, 0.1) is 7.11 Å². The van der Waals surface area contributed by atoms with Crippen LogP contribution in [-0.4, -0.2) is 50.6 Å². The molecule has 27 heavy (non-hydrogen) atoms. The number of halogens is 1. The third-order valence-electron chi connectivity index (χ3n) is 4.80. The molecular formula is C21H26ClN3O2. The molecule has 0 unspecified atom stereocenters. The van der Waals surface area contributed by atoms with Crippen LogP contribution in [0.4, 0.5) is 11.4 Å². The summed E-state index contributed by atoms with van der Waals surface area (Å²) in [5.41, 5.74) is 1.99. The summed E-state index contributed by atoms with van der Waals surface area (Å²) in [6.45, 7) is 4.94. The van der Waals surface area contributed by atoms with E-state index in [1.807, 2.05) is 24.3 Å². The fourth-order valence-electron chi connectivity index (χ4n) is 3.26. The van der Waals surface area contributed by atoms with Crippen molar-refractivity contribution in [2.24, 2.45) is 0 Å². The number of piperazine rings is 1. The van der Waals surface area contributed by atoms with Crippen LogP contribution in [-0.2, 0) is 4.79 Å². The van der Waals surface area contributed by atoms with Gasteiger partial charge in [0.1, 0.15) is 5.75 Å². The third kappa shape index (κ3) is 5.88. The number of ether oxygens (including phenoxy) is 1. The Bertz CT molecular complexity index is 743. The highest BCUT2D eigenvalue weighted by molar-refractivity contribution is 6.30. The first-order chi connectivity index (χ1) is 13.1. The molecule has 144 valence electrons. The van der Waals surface area contributed by atoms with E-state index in [4.69, 9.17) is 16.3 Å². The molecular weight excluding hydrogens is 362 g/mol. The Balaban J connectivity index is 1.37. The fourth-order valence-corrected chi connectivity index (χ4v) is 3.38. The van der Waals surface area contributed by atoms with Gasteiger partial charge in [-0.1, -0.05) is 17.7 Å². The molecule has 6 heteroatoms. The number of nitrogens with zero attached hydrogens (tertiary/aromatic N) is 2. The number of nitrogens with one attached hydrogen (secondary N) is 1. The molecule has 0 saturated carbocycles. The van der Waals surface area contributed by atoms with Crippen molar-refractivity contribution in [3.8, 4) is 5.75 Å². The maximum absolute atomic E-state index is 12.1. The molecule has 1 saturated heterocycles. The maximum Gasteiger partial charge on any atom is 0.224 e. The molecule has 1 heterocycles. The van der Waals surface area contributed by atoms with Crippen molar-refractivity contribution in [3.05, 3.63) is 53.6 Å². The lowest BCUT2D eigenvalue weighted by Crippen LogP contribution is -2.46. The van der Waals surface area contributed by atoms with E-state index >= 15 is 0 Å². The summed E-state index contributed by atoms with van der Waals surface area (Å²) in [5, 5.41) is 3.58. The monoisotopic (exact) mass is 387 g/mol. The van der Waals surface area contributed by atoms with E-state index in [1.165, 1.54) is 5.69 Å². The number of hydrogen-bond donors (Lipinski definition) is 1. The second-order valence-corrected chi connectivity index (χ2v) is 7.13. The zero-order chi connectivity index (χ0) is 19.1. The normalized spacial score (nSPS) is 14.8. The van der Waals surface area contributed by atoms with Crippen LogP contribution in [0, 0.1) is 0 Å². The number of carbonyl (C=O) groups is 1. The first-order valence-electron chi connectivity index (χ1n) is 9.31. The van der Waals surface area contributed by atoms with Gasteiger partial charge in [0.25, 0.3) is 0 Å². The molecule has 2 aromatic carbocycles. The summed E-state index contributed by atoms with van der Waals surface area (Å²) in [5.74, 6) is 0.939. The van der Waals surface area contributed by atoms with Gasteiger partial charge in [-0.25, -0.2) is 0 Å². The van der Waals surface area contributed by atoms with Gasteiger partial charge in [-0.3, -0.25) is 9.69 Å². The highest BCUT2D eigenvalue weighted by atomic mass is 35.5. The zero-order valence-corrected chi connectivity index (χ0v) is 16.4. The van der Waals surface area contributed by atoms with Gasteiger partial charge in [0.2, 0.25) is 5.91 Å². The van der Waals surface area contributed by atoms with E-state index in [2.05, 4.69) is 27.2 Å². The largest absolute Gasteiger partial charge is 0.497 e. The molecule has 1 N–H and O–H groups in total. The van der Waals surface area contributed by atoms with Crippen molar-refractivity contribution in [3.63, 3.8) is 0 Å². The van der Waals surface area contributed by atoms with E-state index in [0.29, 0.717) is 11.4 Å². The lowest BCUT2D eigenvalue weighted by atomic mass is 10.2. The van der Waals surface area contributed by atoms with Gasteiger partial charge in [-0.05, 0) is 49.4 Å². The second kappa shape index (κ2) is 9.62. The molecule has 0 spiro atoms. The minimum Gasteiger partial charge on any atom is -0.497 e. The van der Waals surface area contributed by atoms with Crippen LogP contribution in [0.25, 0.3) is 0 Å². The van der Waals surface area contributed by atoms with Crippen LogP contribution in [0.2, 0.25) is 5.02 Å². The molecule has 1 aliphatic heterocycles. The molecule has 1 fully saturated rings. The molecule has 0 aliphatic carbocycles. The summed E-state index contributed by atoms with van der Waals surface area (Å²) in [4.78, 5) is 16.9. The van der Waals surface area contributed by atoms with Gasteiger partial charge in [0.15, 0.2) is 0 Å². The van der Waals surface area contributed by atoms with Crippen molar-refractivity contribution in [1.29, 1.82) is 0 Å². The van der Waals surface area contributed by atoms with Gasteiger partial charge < -0.3 is 15.0 Å². The molecule has 0 atom stereocenters. The van der Waals surface area contributed by atoms with Gasteiger partial charge in [-0.2, -0.15) is 0 Å². The van der Waals surface area contributed by atoms with Crippen LogP contribution in [0.1, 0.15) is 12.8 Å². The van der Waals surface area contributed by atoms with E-state index in [0.717, 1.165) is 50.6 Å². The number of benzene rings is 2. The number of amides is 1. The quantitative estimate of drug-likeness (QED) is 0.782. The van der Waals surface area contributed by atoms with Crippen molar-refractivity contribution in [2.75, 3.05) is 50.1 Å². The van der Waals surface area contributed by atoms with E-state index in [-0.39, 0.29) is 5.91 Å². The number of hydrogen-bond acceptors (Lipinski definition) is 4. The molecule has 0 bridgehead atoms. The highest BCUT2D eigenvalue weighted by Crippen LogP contribution is 2.22. The van der Waals surface area contributed by atoms with E-state index in [1.54, 1.807) is 19.2 Å². The average Bonchev–Trinajstić information content (AvgIpc) is 2.70. The number of methoxy groups -OCH3 is 1. The van der Waals surface area contributed by atoms with Crippen LogP contribution < -0.4 is 15.0 Å². The lowest BCUT2D eigenvalue weighted by Gasteiger charge is -2.36. The summed E-state index contributed by atoms with van der Waals surface area (Å²) < 4.78 is 5.31.